The second kappa shape index (κ2) is 7.95. The van der Waals surface area contributed by atoms with Crippen molar-refractivity contribution in [2.75, 3.05) is 13.1 Å². The van der Waals surface area contributed by atoms with Crippen LogP contribution in [0.15, 0.2) is 48.8 Å². The van der Waals surface area contributed by atoms with Gasteiger partial charge in [-0.3, -0.25) is 9.78 Å². The molecule has 4 heteroatoms. The first-order valence-corrected chi connectivity index (χ1v) is 8.61. The smallest absolute Gasteiger partial charge is 0.223 e. The van der Waals surface area contributed by atoms with Crippen molar-refractivity contribution in [1.29, 1.82) is 0 Å². The summed E-state index contributed by atoms with van der Waals surface area (Å²) < 4.78 is 5.98. The number of piperidine rings is 1. The number of rotatable bonds is 5. The molecule has 0 N–H and O–H groups in total. The van der Waals surface area contributed by atoms with E-state index in [-0.39, 0.29) is 12.0 Å². The third-order valence-corrected chi connectivity index (χ3v) is 4.39. The minimum absolute atomic E-state index is 0.0732. The van der Waals surface area contributed by atoms with Crippen LogP contribution in [0, 0.1) is 6.92 Å². The number of nitrogens with zero attached hydrogens (tertiary/aromatic N) is 2. The van der Waals surface area contributed by atoms with Crippen LogP contribution in [0.5, 0.6) is 5.75 Å². The Kier molecular flexibility index (Phi) is 5.47. The molecule has 24 heavy (non-hydrogen) atoms. The number of carbonyl (C=O) groups is 1. The summed E-state index contributed by atoms with van der Waals surface area (Å²) in [6, 6.07) is 12.1. The summed E-state index contributed by atoms with van der Waals surface area (Å²) in [5.74, 6) is 1.04. The molecule has 1 atom stereocenters. The van der Waals surface area contributed by atoms with Crippen molar-refractivity contribution in [3.63, 3.8) is 0 Å². The van der Waals surface area contributed by atoms with E-state index in [2.05, 4.69) is 36.2 Å². The lowest BCUT2D eigenvalue weighted by Crippen LogP contribution is -2.44. The average Bonchev–Trinajstić information content (AvgIpc) is 2.61. The lowest BCUT2D eigenvalue weighted by Gasteiger charge is -2.33. The second-order valence-corrected chi connectivity index (χ2v) is 6.39. The fourth-order valence-corrected chi connectivity index (χ4v) is 3.15. The van der Waals surface area contributed by atoms with E-state index < -0.39 is 0 Å². The molecule has 1 aliphatic rings. The summed E-state index contributed by atoms with van der Waals surface area (Å²) >= 11 is 0. The van der Waals surface area contributed by atoms with E-state index in [0.29, 0.717) is 13.0 Å². The Morgan fingerprint density at radius 2 is 2.12 bits per heavy atom. The average molecular weight is 324 g/mol. The molecule has 1 amide bonds. The van der Waals surface area contributed by atoms with E-state index in [4.69, 9.17) is 4.74 Å². The Hall–Kier alpha value is -2.36. The molecule has 4 nitrogen and oxygen atoms in total. The molecule has 2 heterocycles. The highest BCUT2D eigenvalue weighted by Gasteiger charge is 2.24. The summed E-state index contributed by atoms with van der Waals surface area (Å²) in [5, 5.41) is 0. The van der Waals surface area contributed by atoms with Crippen molar-refractivity contribution in [2.45, 2.75) is 38.7 Å². The molecule has 0 bridgehead atoms. The van der Waals surface area contributed by atoms with Crippen LogP contribution >= 0.6 is 0 Å². The van der Waals surface area contributed by atoms with E-state index in [9.17, 15) is 4.79 Å². The predicted octanol–water partition coefficient (Wildman–Crippen LogP) is 3.39. The topological polar surface area (TPSA) is 42.4 Å². The number of amides is 1. The Morgan fingerprint density at radius 1 is 1.29 bits per heavy atom. The lowest BCUT2D eigenvalue weighted by atomic mass is 10.0. The number of pyridine rings is 1. The lowest BCUT2D eigenvalue weighted by molar-refractivity contribution is -0.133. The maximum atomic E-state index is 12.5. The Morgan fingerprint density at radius 3 is 2.92 bits per heavy atom. The van der Waals surface area contributed by atoms with Gasteiger partial charge in [0.05, 0.1) is 6.54 Å². The molecular formula is C20H24N2O2. The number of aryl methyl sites for hydroxylation is 2. The number of carbonyl (C=O) groups excluding carboxylic acids is 1. The minimum Gasteiger partial charge on any atom is -0.488 e. The largest absolute Gasteiger partial charge is 0.488 e. The molecule has 1 aromatic carbocycles. The van der Waals surface area contributed by atoms with Crippen LogP contribution in [-0.2, 0) is 11.2 Å². The van der Waals surface area contributed by atoms with Gasteiger partial charge in [0.1, 0.15) is 11.9 Å². The zero-order chi connectivity index (χ0) is 16.8. The van der Waals surface area contributed by atoms with Crippen molar-refractivity contribution < 1.29 is 9.53 Å². The van der Waals surface area contributed by atoms with Crippen LogP contribution in [0.4, 0.5) is 0 Å². The van der Waals surface area contributed by atoms with Gasteiger partial charge in [-0.1, -0.05) is 29.8 Å². The van der Waals surface area contributed by atoms with E-state index >= 15 is 0 Å². The van der Waals surface area contributed by atoms with Gasteiger partial charge in [-0.05, 0) is 43.9 Å². The molecule has 0 saturated carbocycles. The highest BCUT2D eigenvalue weighted by molar-refractivity contribution is 5.76. The normalized spacial score (nSPS) is 17.5. The van der Waals surface area contributed by atoms with E-state index in [1.807, 2.05) is 17.0 Å². The first kappa shape index (κ1) is 16.5. The van der Waals surface area contributed by atoms with E-state index in [0.717, 1.165) is 31.6 Å². The molecular weight excluding hydrogens is 300 g/mol. The van der Waals surface area contributed by atoms with Crippen molar-refractivity contribution in [1.82, 2.24) is 9.88 Å². The molecule has 126 valence electrons. The maximum absolute atomic E-state index is 12.5. The fourth-order valence-electron chi connectivity index (χ4n) is 3.15. The second-order valence-electron chi connectivity index (χ2n) is 6.39. The highest BCUT2D eigenvalue weighted by Crippen LogP contribution is 2.18. The summed E-state index contributed by atoms with van der Waals surface area (Å²) in [6.45, 7) is 3.59. The van der Waals surface area contributed by atoms with Crippen molar-refractivity contribution in [2.24, 2.45) is 0 Å². The number of benzene rings is 1. The quantitative estimate of drug-likeness (QED) is 0.846. The number of aromatic nitrogens is 1. The van der Waals surface area contributed by atoms with Crippen molar-refractivity contribution in [3.05, 3.63) is 59.9 Å². The standard InChI is InChI=1S/C20H24N2O2/c1-16-4-2-5-17(14-16)7-8-20(23)22-13-3-6-19(15-22)24-18-9-11-21-12-10-18/h2,4-5,9-12,14,19H,3,6-8,13,15H2,1H3. The Bertz CT molecular complexity index is 672. The van der Waals surface area contributed by atoms with Gasteiger partial charge in [0.2, 0.25) is 5.91 Å². The molecule has 0 aliphatic carbocycles. The Labute approximate surface area is 143 Å². The SMILES string of the molecule is Cc1cccc(CCC(=O)N2CCCC(Oc3ccncc3)C2)c1. The summed E-state index contributed by atoms with van der Waals surface area (Å²) in [6.07, 6.45) is 6.86. The first-order chi connectivity index (χ1) is 11.7. The zero-order valence-electron chi connectivity index (χ0n) is 14.1. The van der Waals surface area contributed by atoms with Crippen LogP contribution < -0.4 is 4.74 Å². The van der Waals surface area contributed by atoms with Crippen LogP contribution in [0.2, 0.25) is 0 Å². The predicted molar refractivity (Wildman–Crippen MR) is 94.0 cm³/mol. The number of ether oxygens (including phenoxy) is 1. The Balaban J connectivity index is 1.51. The van der Waals surface area contributed by atoms with Gasteiger partial charge in [0, 0.05) is 25.4 Å². The molecule has 1 aromatic heterocycles. The third kappa shape index (κ3) is 4.57. The van der Waals surface area contributed by atoms with Gasteiger partial charge in [0.25, 0.3) is 0 Å². The van der Waals surface area contributed by atoms with Crippen LogP contribution in [-0.4, -0.2) is 35.0 Å². The van der Waals surface area contributed by atoms with Crippen LogP contribution in [0.3, 0.4) is 0 Å². The maximum Gasteiger partial charge on any atom is 0.223 e. The number of likely N-dealkylation sites (tertiary alicyclic amines) is 1. The van der Waals surface area contributed by atoms with E-state index in [1.165, 1.54) is 11.1 Å². The van der Waals surface area contributed by atoms with E-state index in [1.54, 1.807) is 12.4 Å². The molecule has 2 aromatic rings. The third-order valence-electron chi connectivity index (χ3n) is 4.39. The number of hydrogen-bond donors (Lipinski definition) is 0. The minimum atomic E-state index is 0.0732. The van der Waals surface area contributed by atoms with Crippen molar-refractivity contribution in [3.8, 4) is 5.75 Å². The number of hydrogen-bond acceptors (Lipinski definition) is 3. The fraction of sp³-hybridized carbons (Fsp3) is 0.400. The van der Waals surface area contributed by atoms with Crippen LogP contribution in [0.1, 0.15) is 30.4 Å². The molecule has 1 fully saturated rings. The van der Waals surface area contributed by atoms with Gasteiger partial charge >= 0.3 is 0 Å². The monoisotopic (exact) mass is 324 g/mol. The molecule has 0 radical (unpaired) electrons. The first-order valence-electron chi connectivity index (χ1n) is 8.61. The highest BCUT2D eigenvalue weighted by atomic mass is 16.5. The van der Waals surface area contributed by atoms with Gasteiger partial charge < -0.3 is 9.64 Å². The van der Waals surface area contributed by atoms with Gasteiger partial charge in [0.15, 0.2) is 0 Å². The molecule has 1 unspecified atom stereocenters. The van der Waals surface area contributed by atoms with Crippen LogP contribution in [0.25, 0.3) is 0 Å². The molecule has 3 rings (SSSR count). The van der Waals surface area contributed by atoms with Crippen molar-refractivity contribution >= 4 is 5.91 Å². The molecule has 0 spiro atoms. The van der Waals surface area contributed by atoms with Gasteiger partial charge in [-0.2, -0.15) is 0 Å². The zero-order valence-corrected chi connectivity index (χ0v) is 14.1. The van der Waals surface area contributed by atoms with Gasteiger partial charge in [-0.15, -0.1) is 0 Å². The van der Waals surface area contributed by atoms with Gasteiger partial charge in [-0.25, -0.2) is 0 Å². The molecule has 1 saturated heterocycles. The summed E-state index contributed by atoms with van der Waals surface area (Å²) in [7, 11) is 0. The summed E-state index contributed by atoms with van der Waals surface area (Å²) in [4.78, 5) is 18.5. The molecule has 1 aliphatic heterocycles. The summed E-state index contributed by atoms with van der Waals surface area (Å²) in [5.41, 5.74) is 2.47.